The van der Waals surface area contributed by atoms with E-state index in [1.807, 2.05) is 31.2 Å². The van der Waals surface area contributed by atoms with Gasteiger partial charge in [-0.1, -0.05) is 12.1 Å². The fourth-order valence-corrected chi connectivity index (χ4v) is 4.16. The Morgan fingerprint density at radius 3 is 2.69 bits per heavy atom. The van der Waals surface area contributed by atoms with Crippen LogP contribution in [0.2, 0.25) is 0 Å². The molecule has 0 saturated carbocycles. The number of ether oxygens (including phenoxy) is 1. The van der Waals surface area contributed by atoms with Crippen molar-refractivity contribution in [2.24, 2.45) is 0 Å². The number of aryl methyl sites for hydroxylation is 1. The van der Waals surface area contributed by atoms with Gasteiger partial charge in [-0.3, -0.25) is 0 Å². The van der Waals surface area contributed by atoms with E-state index < -0.39 is 5.72 Å². The highest BCUT2D eigenvalue weighted by molar-refractivity contribution is 5.96. The van der Waals surface area contributed by atoms with Crippen molar-refractivity contribution in [2.45, 2.75) is 38.8 Å². The Labute approximate surface area is 155 Å². The molecule has 0 amide bonds. The van der Waals surface area contributed by atoms with Gasteiger partial charge in [0.25, 0.3) is 11.6 Å². The molecule has 4 rings (SSSR count). The summed E-state index contributed by atoms with van der Waals surface area (Å²) in [7, 11) is 0. The van der Waals surface area contributed by atoms with Crippen molar-refractivity contribution < 1.29 is 14.4 Å². The van der Waals surface area contributed by atoms with E-state index in [2.05, 4.69) is 40.7 Å². The maximum Gasteiger partial charge on any atom is 0.271 e. The van der Waals surface area contributed by atoms with Crippen LogP contribution in [-0.2, 0) is 5.72 Å². The highest BCUT2D eigenvalue weighted by Crippen LogP contribution is 2.36. The summed E-state index contributed by atoms with van der Waals surface area (Å²) in [5.74, 6) is 2.08. The molecule has 2 aliphatic heterocycles. The van der Waals surface area contributed by atoms with E-state index >= 15 is 0 Å². The highest BCUT2D eigenvalue weighted by Gasteiger charge is 2.52. The molecular formula is C22H27N2O2+. The molecule has 2 heterocycles. The Hall–Kier alpha value is -2.33. The second-order valence-electron chi connectivity index (χ2n) is 7.22. The van der Waals surface area contributed by atoms with E-state index in [1.54, 1.807) is 0 Å². The van der Waals surface area contributed by atoms with Gasteiger partial charge in [0.2, 0.25) is 0 Å². The van der Waals surface area contributed by atoms with Crippen LogP contribution in [-0.4, -0.2) is 35.2 Å². The average Bonchev–Trinajstić information content (AvgIpc) is 2.97. The lowest BCUT2D eigenvalue weighted by atomic mass is 10.0. The predicted molar refractivity (Wildman–Crippen MR) is 104 cm³/mol. The van der Waals surface area contributed by atoms with Crippen LogP contribution in [0.25, 0.3) is 0 Å². The Morgan fingerprint density at radius 2 is 1.96 bits per heavy atom. The van der Waals surface area contributed by atoms with Gasteiger partial charge in [-0.25, -0.2) is 9.48 Å². The van der Waals surface area contributed by atoms with Crippen LogP contribution < -0.4 is 9.64 Å². The van der Waals surface area contributed by atoms with Crippen molar-refractivity contribution in [3.05, 3.63) is 59.7 Å². The Kier molecular flexibility index (Phi) is 4.45. The third-order valence-corrected chi connectivity index (χ3v) is 5.42. The first kappa shape index (κ1) is 17.1. The molecule has 136 valence electrons. The molecule has 0 bridgehead atoms. The molecule has 0 saturated heterocycles. The third kappa shape index (κ3) is 2.88. The molecule has 0 unspecified atom stereocenters. The van der Waals surface area contributed by atoms with Gasteiger partial charge in [0.05, 0.1) is 13.2 Å². The van der Waals surface area contributed by atoms with Crippen molar-refractivity contribution >= 4 is 11.5 Å². The zero-order valence-electron chi connectivity index (χ0n) is 15.6. The molecule has 26 heavy (non-hydrogen) atoms. The van der Waals surface area contributed by atoms with Gasteiger partial charge in [-0.05, 0) is 68.7 Å². The summed E-state index contributed by atoms with van der Waals surface area (Å²) in [6, 6.07) is 16.4. The van der Waals surface area contributed by atoms with E-state index in [0.717, 1.165) is 36.4 Å². The Bertz CT molecular complexity index is 828. The van der Waals surface area contributed by atoms with Crippen molar-refractivity contribution in [1.82, 2.24) is 0 Å². The second-order valence-corrected chi connectivity index (χ2v) is 7.22. The number of hydrogen-bond acceptors (Lipinski definition) is 3. The summed E-state index contributed by atoms with van der Waals surface area (Å²) in [6.45, 7) is 6.19. The highest BCUT2D eigenvalue weighted by atomic mass is 16.5. The number of β-amino-alcohol motifs (C(OH)–C–C–N with tert-alkyl or cyclic N) is 1. The zero-order chi connectivity index (χ0) is 18.1. The number of amidine groups is 1. The predicted octanol–water partition coefficient (Wildman–Crippen LogP) is 3.65. The summed E-state index contributed by atoms with van der Waals surface area (Å²) in [5.41, 5.74) is 2.33. The van der Waals surface area contributed by atoms with Gasteiger partial charge < -0.3 is 9.84 Å². The number of hydrogen-bond donors (Lipinski definition) is 1. The first-order chi connectivity index (χ1) is 12.6. The molecule has 0 fully saturated rings. The first-order valence-electron chi connectivity index (χ1n) is 9.55. The Morgan fingerprint density at radius 1 is 1.15 bits per heavy atom. The van der Waals surface area contributed by atoms with Gasteiger partial charge in [0.15, 0.2) is 6.54 Å². The van der Waals surface area contributed by atoms with Crippen LogP contribution in [0.3, 0.4) is 0 Å². The van der Waals surface area contributed by atoms with Gasteiger partial charge in [-0.15, -0.1) is 0 Å². The Balaban J connectivity index is 1.73. The average molecular weight is 351 g/mol. The van der Waals surface area contributed by atoms with Crippen molar-refractivity contribution in [2.75, 3.05) is 24.6 Å². The molecule has 4 heteroatoms. The minimum absolute atomic E-state index is 0.555. The lowest BCUT2D eigenvalue weighted by molar-refractivity contribution is -0.661. The van der Waals surface area contributed by atoms with Crippen molar-refractivity contribution in [3.8, 4) is 5.75 Å². The third-order valence-electron chi connectivity index (χ3n) is 5.42. The minimum atomic E-state index is -0.996. The fourth-order valence-electron chi connectivity index (χ4n) is 4.16. The van der Waals surface area contributed by atoms with Gasteiger partial charge in [0.1, 0.15) is 11.4 Å². The zero-order valence-corrected chi connectivity index (χ0v) is 15.6. The lowest BCUT2D eigenvalue weighted by Gasteiger charge is -2.24. The largest absolute Gasteiger partial charge is 0.494 e. The number of nitrogens with zero attached hydrogens (tertiary/aromatic N) is 2. The summed E-state index contributed by atoms with van der Waals surface area (Å²) < 4.78 is 7.76. The summed E-state index contributed by atoms with van der Waals surface area (Å²) in [5, 5.41) is 11.7. The van der Waals surface area contributed by atoms with E-state index in [4.69, 9.17) is 4.74 Å². The summed E-state index contributed by atoms with van der Waals surface area (Å²) >= 11 is 0. The van der Waals surface area contributed by atoms with Crippen LogP contribution in [0.5, 0.6) is 5.75 Å². The standard InChI is InChI=1S/C22H27N2O2/c1-3-26-20-12-10-18(11-13-20)22(25)16-23(19-8-6-7-17(2)15-19)21-9-4-5-14-24(21)22/h6-8,10-13,15,25H,3-5,9,14,16H2,1-2H3/q+1/t22-/m0/s1. The van der Waals surface area contributed by atoms with E-state index in [9.17, 15) is 5.11 Å². The van der Waals surface area contributed by atoms with Crippen molar-refractivity contribution in [1.29, 1.82) is 0 Å². The van der Waals surface area contributed by atoms with Crippen molar-refractivity contribution in [3.63, 3.8) is 0 Å². The number of rotatable bonds is 4. The fraction of sp³-hybridized carbons (Fsp3) is 0.409. The molecule has 0 aromatic heterocycles. The van der Waals surface area contributed by atoms with E-state index in [0.29, 0.717) is 13.2 Å². The summed E-state index contributed by atoms with van der Waals surface area (Å²) in [4.78, 5) is 2.29. The quantitative estimate of drug-likeness (QED) is 0.854. The molecule has 2 aliphatic rings. The van der Waals surface area contributed by atoms with Crippen LogP contribution in [0.4, 0.5) is 5.69 Å². The molecule has 0 aliphatic carbocycles. The second kappa shape index (κ2) is 6.76. The van der Waals surface area contributed by atoms with E-state index in [-0.39, 0.29) is 0 Å². The van der Waals surface area contributed by atoms with Gasteiger partial charge >= 0.3 is 0 Å². The number of benzene rings is 2. The van der Waals surface area contributed by atoms with Gasteiger partial charge in [-0.2, -0.15) is 0 Å². The molecule has 4 nitrogen and oxygen atoms in total. The monoisotopic (exact) mass is 351 g/mol. The smallest absolute Gasteiger partial charge is 0.271 e. The molecule has 1 atom stereocenters. The van der Waals surface area contributed by atoms with Crippen LogP contribution in [0.15, 0.2) is 48.5 Å². The molecule has 0 spiro atoms. The van der Waals surface area contributed by atoms with Crippen LogP contribution >= 0.6 is 0 Å². The maximum absolute atomic E-state index is 11.7. The maximum atomic E-state index is 11.7. The number of aliphatic hydroxyl groups is 1. The number of anilines is 1. The summed E-state index contributed by atoms with van der Waals surface area (Å²) in [6.07, 6.45) is 3.30. The molecule has 0 radical (unpaired) electrons. The van der Waals surface area contributed by atoms with Gasteiger partial charge in [0, 0.05) is 12.0 Å². The molecule has 2 aromatic rings. The normalized spacial score (nSPS) is 22.5. The lowest BCUT2D eigenvalue weighted by Crippen LogP contribution is -2.41. The molecular weight excluding hydrogens is 324 g/mol. The SMILES string of the molecule is CCOc1ccc([C@@]2(O)CN(c3cccc(C)c3)C3=[N+]2CCCC3)cc1. The molecule has 1 N–H and O–H groups in total. The van der Waals surface area contributed by atoms with E-state index in [1.165, 1.54) is 17.8 Å². The molecule has 2 aromatic carbocycles. The minimum Gasteiger partial charge on any atom is -0.494 e. The van der Waals surface area contributed by atoms with Crippen LogP contribution in [0, 0.1) is 6.92 Å². The topological polar surface area (TPSA) is 35.7 Å². The first-order valence-corrected chi connectivity index (χ1v) is 9.55. The van der Waals surface area contributed by atoms with Crippen LogP contribution in [0.1, 0.15) is 37.3 Å².